The third-order valence-electron chi connectivity index (χ3n) is 2.42. The summed E-state index contributed by atoms with van der Waals surface area (Å²) < 4.78 is 0. The number of thiazole rings is 1. The molecule has 88 valence electrons. The van der Waals surface area contributed by atoms with Crippen LogP contribution >= 0.6 is 23.6 Å². The lowest BCUT2D eigenvalue weighted by molar-refractivity contribution is 1.10. The molecule has 0 fully saturated rings. The molecule has 2 rings (SSSR count). The summed E-state index contributed by atoms with van der Waals surface area (Å²) in [5.74, 6) is 0. The second-order valence-corrected chi connectivity index (χ2v) is 5.09. The summed E-state index contributed by atoms with van der Waals surface area (Å²) in [7, 11) is 0. The Morgan fingerprint density at radius 1 is 1.53 bits per heavy atom. The predicted octanol–water partition coefficient (Wildman–Crippen LogP) is 2.70. The number of nitrogens with one attached hydrogen (secondary N) is 1. The molecular weight excluding hydrogens is 250 g/mol. The number of anilines is 1. The minimum atomic E-state index is 0.439. The highest BCUT2D eigenvalue weighted by atomic mass is 32.1. The molecule has 0 aliphatic carbocycles. The minimum absolute atomic E-state index is 0.439. The molecule has 0 aliphatic heterocycles. The van der Waals surface area contributed by atoms with Crippen molar-refractivity contribution in [2.75, 3.05) is 5.32 Å². The molecule has 0 bridgehead atoms. The SMILES string of the molecule is Cc1cc(NCc2nccs2)ccc1C(N)=S. The van der Waals surface area contributed by atoms with Crippen LogP contribution in [0.3, 0.4) is 0 Å². The lowest BCUT2D eigenvalue weighted by Crippen LogP contribution is -2.11. The normalized spacial score (nSPS) is 10.2. The van der Waals surface area contributed by atoms with Crippen molar-refractivity contribution in [1.82, 2.24) is 4.98 Å². The zero-order chi connectivity index (χ0) is 12.3. The zero-order valence-corrected chi connectivity index (χ0v) is 11.1. The van der Waals surface area contributed by atoms with Gasteiger partial charge < -0.3 is 11.1 Å². The molecule has 5 heteroatoms. The van der Waals surface area contributed by atoms with E-state index in [0.717, 1.165) is 28.4 Å². The van der Waals surface area contributed by atoms with Crippen LogP contribution in [0.2, 0.25) is 0 Å². The molecule has 2 aromatic rings. The molecule has 0 saturated carbocycles. The van der Waals surface area contributed by atoms with E-state index < -0.39 is 0 Å². The molecule has 0 saturated heterocycles. The minimum Gasteiger partial charge on any atom is -0.389 e. The summed E-state index contributed by atoms with van der Waals surface area (Å²) in [5, 5.41) is 6.36. The topological polar surface area (TPSA) is 50.9 Å². The predicted molar refractivity (Wildman–Crippen MR) is 76.5 cm³/mol. The van der Waals surface area contributed by atoms with Gasteiger partial charge in [-0.1, -0.05) is 12.2 Å². The molecule has 0 amide bonds. The summed E-state index contributed by atoms with van der Waals surface area (Å²) in [6, 6.07) is 5.97. The van der Waals surface area contributed by atoms with Gasteiger partial charge >= 0.3 is 0 Å². The average Bonchev–Trinajstić information content (AvgIpc) is 2.78. The highest BCUT2D eigenvalue weighted by Crippen LogP contribution is 2.16. The second kappa shape index (κ2) is 5.25. The number of nitrogens with zero attached hydrogens (tertiary/aromatic N) is 1. The Morgan fingerprint density at radius 3 is 2.94 bits per heavy atom. The maximum absolute atomic E-state index is 5.62. The van der Waals surface area contributed by atoms with Crippen LogP contribution in [0.4, 0.5) is 5.69 Å². The van der Waals surface area contributed by atoms with Gasteiger partial charge in [0.05, 0.1) is 6.54 Å². The largest absolute Gasteiger partial charge is 0.389 e. The van der Waals surface area contributed by atoms with E-state index in [0.29, 0.717) is 4.99 Å². The summed E-state index contributed by atoms with van der Waals surface area (Å²) in [6.45, 7) is 2.74. The second-order valence-electron chi connectivity index (χ2n) is 3.67. The number of benzene rings is 1. The van der Waals surface area contributed by atoms with Crippen LogP contribution in [0.25, 0.3) is 0 Å². The summed E-state index contributed by atoms with van der Waals surface area (Å²) in [6.07, 6.45) is 1.81. The number of hydrogen-bond acceptors (Lipinski definition) is 4. The first-order valence-corrected chi connectivity index (χ1v) is 6.48. The number of rotatable bonds is 4. The molecular formula is C12H13N3S2. The van der Waals surface area contributed by atoms with E-state index in [1.165, 1.54) is 0 Å². The van der Waals surface area contributed by atoms with E-state index in [-0.39, 0.29) is 0 Å². The maximum Gasteiger partial charge on any atom is 0.112 e. The van der Waals surface area contributed by atoms with Crippen LogP contribution < -0.4 is 11.1 Å². The molecule has 3 N–H and O–H groups in total. The standard InChI is InChI=1S/C12H13N3S2/c1-8-6-9(2-3-10(8)12(13)16)15-7-11-14-4-5-17-11/h2-6,15H,7H2,1H3,(H2,13,16). The van der Waals surface area contributed by atoms with Crippen LogP contribution in [0.15, 0.2) is 29.8 Å². The Labute approximate surface area is 110 Å². The van der Waals surface area contributed by atoms with Gasteiger partial charge in [0.25, 0.3) is 0 Å². The van der Waals surface area contributed by atoms with Crippen molar-refractivity contribution in [2.24, 2.45) is 5.73 Å². The highest BCUT2D eigenvalue weighted by Gasteiger charge is 2.02. The molecule has 0 radical (unpaired) electrons. The van der Waals surface area contributed by atoms with E-state index in [9.17, 15) is 0 Å². The van der Waals surface area contributed by atoms with Crippen LogP contribution in [-0.2, 0) is 6.54 Å². The van der Waals surface area contributed by atoms with Gasteiger partial charge in [0, 0.05) is 22.8 Å². The van der Waals surface area contributed by atoms with E-state index in [1.807, 2.05) is 36.7 Å². The number of thiocarbonyl (C=S) groups is 1. The Balaban J connectivity index is 2.07. The van der Waals surface area contributed by atoms with E-state index in [2.05, 4.69) is 10.3 Å². The van der Waals surface area contributed by atoms with Gasteiger partial charge in [-0.15, -0.1) is 11.3 Å². The van der Waals surface area contributed by atoms with Crippen molar-refractivity contribution < 1.29 is 0 Å². The average molecular weight is 263 g/mol. The molecule has 0 spiro atoms. The fourth-order valence-corrected chi connectivity index (χ4v) is 2.35. The lowest BCUT2D eigenvalue weighted by Gasteiger charge is -2.08. The molecule has 0 aliphatic rings. The number of hydrogen-bond donors (Lipinski definition) is 2. The van der Waals surface area contributed by atoms with Gasteiger partial charge in [0.1, 0.15) is 10.00 Å². The first-order valence-electron chi connectivity index (χ1n) is 5.19. The van der Waals surface area contributed by atoms with Gasteiger partial charge in [-0.05, 0) is 30.7 Å². The Morgan fingerprint density at radius 2 is 2.35 bits per heavy atom. The van der Waals surface area contributed by atoms with E-state index in [4.69, 9.17) is 18.0 Å². The third-order valence-corrected chi connectivity index (χ3v) is 3.42. The number of nitrogens with two attached hydrogens (primary N) is 1. The quantitative estimate of drug-likeness (QED) is 0.833. The monoisotopic (exact) mass is 263 g/mol. The fourth-order valence-electron chi connectivity index (χ4n) is 1.57. The van der Waals surface area contributed by atoms with Gasteiger partial charge in [0.15, 0.2) is 0 Å². The maximum atomic E-state index is 5.62. The van der Waals surface area contributed by atoms with Gasteiger partial charge in [-0.25, -0.2) is 4.98 Å². The van der Waals surface area contributed by atoms with Gasteiger partial charge in [-0.2, -0.15) is 0 Å². The van der Waals surface area contributed by atoms with Crippen molar-refractivity contribution in [1.29, 1.82) is 0 Å². The highest BCUT2D eigenvalue weighted by molar-refractivity contribution is 7.80. The van der Waals surface area contributed by atoms with Crippen molar-refractivity contribution in [3.05, 3.63) is 45.9 Å². The van der Waals surface area contributed by atoms with E-state index in [1.54, 1.807) is 11.3 Å². The smallest absolute Gasteiger partial charge is 0.112 e. The Hall–Kier alpha value is -1.46. The van der Waals surface area contributed by atoms with Gasteiger partial charge in [0.2, 0.25) is 0 Å². The lowest BCUT2D eigenvalue weighted by atomic mass is 10.1. The van der Waals surface area contributed by atoms with Crippen LogP contribution in [0, 0.1) is 6.92 Å². The molecule has 3 nitrogen and oxygen atoms in total. The molecule has 17 heavy (non-hydrogen) atoms. The van der Waals surface area contributed by atoms with Crippen molar-refractivity contribution in [3.8, 4) is 0 Å². The van der Waals surface area contributed by atoms with Crippen molar-refractivity contribution in [3.63, 3.8) is 0 Å². The first kappa shape index (κ1) is 12.0. The van der Waals surface area contributed by atoms with Gasteiger partial charge in [-0.3, -0.25) is 0 Å². The first-order chi connectivity index (χ1) is 8.16. The number of aromatic nitrogens is 1. The van der Waals surface area contributed by atoms with Crippen LogP contribution in [0.5, 0.6) is 0 Å². The third kappa shape index (κ3) is 3.01. The summed E-state index contributed by atoms with van der Waals surface area (Å²) in [5.41, 5.74) is 8.69. The van der Waals surface area contributed by atoms with Crippen LogP contribution in [0.1, 0.15) is 16.1 Å². The molecule has 1 aromatic carbocycles. The van der Waals surface area contributed by atoms with Crippen molar-refractivity contribution >= 4 is 34.2 Å². The summed E-state index contributed by atoms with van der Waals surface area (Å²) in [4.78, 5) is 4.65. The molecule has 0 atom stereocenters. The molecule has 1 aromatic heterocycles. The fraction of sp³-hybridized carbons (Fsp3) is 0.167. The van der Waals surface area contributed by atoms with Crippen LogP contribution in [-0.4, -0.2) is 9.97 Å². The Bertz CT molecular complexity index is 521. The summed E-state index contributed by atoms with van der Waals surface area (Å²) >= 11 is 6.61. The zero-order valence-electron chi connectivity index (χ0n) is 9.43. The van der Waals surface area contributed by atoms with E-state index >= 15 is 0 Å². The molecule has 0 unspecified atom stereocenters. The van der Waals surface area contributed by atoms with Crippen molar-refractivity contribution in [2.45, 2.75) is 13.5 Å². The molecule has 1 heterocycles. The Kier molecular flexibility index (Phi) is 3.71. The number of aryl methyl sites for hydroxylation is 1.